The summed E-state index contributed by atoms with van der Waals surface area (Å²) in [6, 6.07) is 25.1. The van der Waals surface area contributed by atoms with Gasteiger partial charge in [-0.05, 0) is 66.9 Å². The number of fused-ring (bicyclic) bond motifs is 3. The number of nitrogens with zero attached hydrogens (tertiary/aromatic N) is 4. The van der Waals surface area contributed by atoms with Gasteiger partial charge in [0.15, 0.2) is 5.78 Å². The van der Waals surface area contributed by atoms with Gasteiger partial charge in [0.2, 0.25) is 5.91 Å². The maximum Gasteiger partial charge on any atom is 0.248 e. The highest BCUT2D eigenvalue weighted by Gasteiger charge is 2.62. The van der Waals surface area contributed by atoms with Gasteiger partial charge in [-0.25, -0.2) is 8.78 Å². The van der Waals surface area contributed by atoms with Gasteiger partial charge in [0.25, 0.3) is 0 Å². The Balaban J connectivity index is 1.56. The molecule has 7 rings (SSSR count). The largest absolute Gasteiger partial charge is 0.309 e. The maximum absolute atomic E-state index is 15.0. The lowest BCUT2D eigenvalue weighted by Crippen LogP contribution is -2.51. The van der Waals surface area contributed by atoms with Crippen molar-refractivity contribution in [3.8, 4) is 6.07 Å². The zero-order valence-corrected chi connectivity index (χ0v) is 22.4. The minimum atomic E-state index is -1.71. The van der Waals surface area contributed by atoms with E-state index in [2.05, 4.69) is 6.07 Å². The summed E-state index contributed by atoms with van der Waals surface area (Å²) in [5, 5.41) is 11.0. The number of carbonyl (C=O) groups excluding carboxylic acids is 2. The first kappa shape index (κ1) is 25.7. The van der Waals surface area contributed by atoms with Crippen molar-refractivity contribution >= 4 is 28.9 Å². The molecule has 0 bridgehead atoms. The number of ketones is 1. The molecule has 42 heavy (non-hydrogen) atoms. The molecule has 0 radical (unpaired) electrons. The lowest BCUT2D eigenvalue weighted by Gasteiger charge is -2.45. The van der Waals surface area contributed by atoms with Crippen LogP contribution in [0.4, 0.5) is 20.2 Å². The number of allylic oxidation sites excluding steroid dienone is 1. The van der Waals surface area contributed by atoms with Crippen molar-refractivity contribution in [2.24, 2.45) is 0 Å². The number of nitriles is 1. The highest BCUT2D eigenvalue weighted by Crippen LogP contribution is 2.58. The van der Waals surface area contributed by atoms with Crippen LogP contribution in [0.15, 0.2) is 114 Å². The van der Waals surface area contributed by atoms with Gasteiger partial charge in [0.05, 0.1) is 17.8 Å². The zero-order chi connectivity index (χ0) is 29.0. The molecule has 1 amide bonds. The van der Waals surface area contributed by atoms with Gasteiger partial charge in [0, 0.05) is 41.3 Å². The number of hydrogen-bond acceptors (Lipinski definition) is 4. The van der Waals surface area contributed by atoms with Crippen molar-refractivity contribution in [1.82, 2.24) is 4.57 Å². The van der Waals surface area contributed by atoms with Crippen LogP contribution in [0.1, 0.15) is 30.4 Å². The highest BCUT2D eigenvalue weighted by atomic mass is 19.1. The Morgan fingerprint density at radius 1 is 0.857 bits per heavy atom. The third kappa shape index (κ3) is 3.60. The Bertz CT molecular complexity index is 1870. The summed E-state index contributed by atoms with van der Waals surface area (Å²) in [6.45, 7) is 0.125. The van der Waals surface area contributed by atoms with E-state index in [0.717, 1.165) is 0 Å². The van der Waals surface area contributed by atoms with Crippen molar-refractivity contribution in [1.29, 1.82) is 5.26 Å². The fourth-order valence-corrected chi connectivity index (χ4v) is 6.62. The molecule has 3 aliphatic rings. The SMILES string of the molecule is N#CC1=C(n2cccc2)N(c2cccc(F)c2)C2=C(C(=O)CCC2)C12C(=O)N(Cc1ccc(F)cc1)c1ccccc12. The Morgan fingerprint density at radius 3 is 2.36 bits per heavy atom. The number of hydrogen-bond donors (Lipinski definition) is 0. The molecule has 0 saturated carbocycles. The van der Waals surface area contributed by atoms with E-state index in [1.807, 2.05) is 12.1 Å². The quantitative estimate of drug-likeness (QED) is 0.288. The van der Waals surface area contributed by atoms with Crippen LogP contribution in [-0.4, -0.2) is 16.3 Å². The first-order valence-corrected chi connectivity index (χ1v) is 13.7. The summed E-state index contributed by atoms with van der Waals surface area (Å²) in [4.78, 5) is 32.4. The highest BCUT2D eigenvalue weighted by molar-refractivity contribution is 6.22. The fraction of sp³-hybridized carbons (Fsp3) is 0.147. The molecule has 1 spiro atoms. The molecule has 6 nitrogen and oxygen atoms in total. The fourth-order valence-electron chi connectivity index (χ4n) is 6.62. The van der Waals surface area contributed by atoms with E-state index in [1.165, 1.54) is 24.3 Å². The van der Waals surface area contributed by atoms with Gasteiger partial charge < -0.3 is 9.47 Å². The molecule has 4 aromatic rings. The normalized spacial score (nSPS) is 19.8. The minimum Gasteiger partial charge on any atom is -0.309 e. The van der Waals surface area contributed by atoms with Crippen LogP contribution < -0.4 is 9.80 Å². The first-order valence-electron chi connectivity index (χ1n) is 13.7. The predicted molar refractivity (Wildman–Crippen MR) is 154 cm³/mol. The first-order chi connectivity index (χ1) is 20.4. The maximum atomic E-state index is 15.0. The van der Waals surface area contributed by atoms with Gasteiger partial charge in [0.1, 0.15) is 28.9 Å². The van der Waals surface area contributed by atoms with Crippen LogP contribution in [0.2, 0.25) is 0 Å². The van der Waals surface area contributed by atoms with E-state index in [4.69, 9.17) is 0 Å². The van der Waals surface area contributed by atoms with Crippen LogP contribution in [0.3, 0.4) is 0 Å². The number of aromatic nitrogens is 1. The van der Waals surface area contributed by atoms with Crippen LogP contribution in [0, 0.1) is 23.0 Å². The second kappa shape index (κ2) is 9.67. The number of carbonyl (C=O) groups is 2. The lowest BCUT2D eigenvalue weighted by atomic mass is 9.63. The third-order valence-electron chi connectivity index (χ3n) is 8.29. The standard InChI is InChI=1S/C34H24F2N4O2/c35-23-15-13-22(14-16-23)21-39-28-10-2-1-9-26(28)34(33(39)42)27(20-37)32(38-17-3-4-18-38)40(25-8-5-7-24(36)19-25)29-11-6-12-30(41)31(29)34/h1-5,7-10,13-19H,6,11-12,21H2. The summed E-state index contributed by atoms with van der Waals surface area (Å²) in [5.74, 6) is -1.12. The predicted octanol–water partition coefficient (Wildman–Crippen LogP) is 6.47. The summed E-state index contributed by atoms with van der Waals surface area (Å²) in [6.07, 6.45) is 4.77. The van der Waals surface area contributed by atoms with Crippen LogP contribution in [0.5, 0.6) is 0 Å². The second-order valence-electron chi connectivity index (χ2n) is 10.6. The van der Waals surface area contributed by atoms with Crippen LogP contribution in [0.25, 0.3) is 5.82 Å². The van der Waals surface area contributed by atoms with E-state index in [9.17, 15) is 23.6 Å². The second-order valence-corrected chi connectivity index (χ2v) is 10.6. The summed E-state index contributed by atoms with van der Waals surface area (Å²) < 4.78 is 30.1. The van der Waals surface area contributed by atoms with Gasteiger partial charge in [-0.3, -0.25) is 14.5 Å². The number of amides is 1. The molecule has 0 fully saturated rings. The lowest BCUT2D eigenvalue weighted by molar-refractivity contribution is -0.124. The monoisotopic (exact) mass is 558 g/mol. The molecule has 1 unspecified atom stereocenters. The topological polar surface area (TPSA) is 69.3 Å². The Morgan fingerprint density at radius 2 is 1.62 bits per heavy atom. The van der Waals surface area contributed by atoms with Crippen molar-refractivity contribution < 1.29 is 18.4 Å². The van der Waals surface area contributed by atoms with E-state index < -0.39 is 17.1 Å². The van der Waals surface area contributed by atoms with Gasteiger partial charge >= 0.3 is 0 Å². The smallest absolute Gasteiger partial charge is 0.248 e. The molecular weight excluding hydrogens is 534 g/mol. The number of rotatable bonds is 4. The molecule has 1 aliphatic carbocycles. The number of halogens is 2. The van der Waals surface area contributed by atoms with Crippen LogP contribution >= 0.6 is 0 Å². The molecule has 0 saturated heterocycles. The Hall–Kier alpha value is -5.29. The Kier molecular flexibility index (Phi) is 5.91. The van der Waals surface area contributed by atoms with Crippen molar-refractivity contribution in [3.05, 3.63) is 137 Å². The molecule has 8 heteroatoms. The third-order valence-corrected chi connectivity index (χ3v) is 8.29. The zero-order valence-electron chi connectivity index (χ0n) is 22.4. The number of benzene rings is 3. The molecule has 3 aromatic carbocycles. The van der Waals surface area contributed by atoms with E-state index in [-0.39, 0.29) is 35.7 Å². The van der Waals surface area contributed by atoms with E-state index in [1.54, 1.807) is 75.3 Å². The number of para-hydroxylation sites is 1. The average molecular weight is 559 g/mol. The minimum absolute atomic E-state index is 0.0796. The molecule has 0 N–H and O–H groups in total. The molecule has 206 valence electrons. The number of anilines is 2. The van der Waals surface area contributed by atoms with Crippen molar-refractivity contribution in [2.45, 2.75) is 31.2 Å². The van der Waals surface area contributed by atoms with Gasteiger partial charge in [-0.1, -0.05) is 36.4 Å². The van der Waals surface area contributed by atoms with E-state index >= 15 is 0 Å². The summed E-state index contributed by atoms with van der Waals surface area (Å²) in [5.41, 5.74) is 1.47. The molecule has 1 atom stereocenters. The molecular formula is C34H24F2N4O2. The van der Waals surface area contributed by atoms with Gasteiger partial charge in [-0.2, -0.15) is 5.26 Å². The number of Topliss-reactive ketones (excluding diaryl/α,β-unsaturated/α-hetero) is 1. The molecule has 3 heterocycles. The van der Waals surface area contributed by atoms with E-state index in [0.29, 0.717) is 46.9 Å². The Labute approximate surface area is 241 Å². The average Bonchev–Trinajstić information content (AvgIpc) is 3.61. The van der Waals surface area contributed by atoms with Gasteiger partial charge in [-0.15, -0.1) is 0 Å². The summed E-state index contributed by atoms with van der Waals surface area (Å²) >= 11 is 0. The molecule has 2 aliphatic heterocycles. The van der Waals surface area contributed by atoms with Crippen LogP contribution in [-0.2, 0) is 21.5 Å². The summed E-state index contributed by atoms with van der Waals surface area (Å²) in [7, 11) is 0. The van der Waals surface area contributed by atoms with Crippen molar-refractivity contribution in [3.63, 3.8) is 0 Å². The molecule has 1 aromatic heterocycles. The van der Waals surface area contributed by atoms with Crippen molar-refractivity contribution in [2.75, 3.05) is 9.80 Å².